The zero-order valence-corrected chi connectivity index (χ0v) is 19.5. The van der Waals surface area contributed by atoms with Crippen molar-refractivity contribution >= 4 is 31.1 Å². The van der Waals surface area contributed by atoms with Crippen LogP contribution in [0.3, 0.4) is 0 Å². The SMILES string of the molecule is CC(=O)NCC1CN(c2cc(F)c(N3CCN(P4(=O)OCCCO4)C(CO)C3)c(F)c2)C(=O)O1. The smallest absolute Gasteiger partial charge is 0.414 e. The maximum absolute atomic E-state index is 15.1. The highest BCUT2D eigenvalue weighted by Crippen LogP contribution is 2.55. The summed E-state index contributed by atoms with van der Waals surface area (Å²) in [7, 11) is -3.58. The number of nitrogens with one attached hydrogen (secondary N) is 1. The van der Waals surface area contributed by atoms with E-state index in [1.54, 1.807) is 0 Å². The van der Waals surface area contributed by atoms with Gasteiger partial charge in [-0.3, -0.25) is 18.7 Å². The van der Waals surface area contributed by atoms with E-state index in [1.807, 2.05) is 0 Å². The van der Waals surface area contributed by atoms with E-state index in [0.717, 1.165) is 17.0 Å². The predicted molar refractivity (Wildman–Crippen MR) is 117 cm³/mol. The van der Waals surface area contributed by atoms with Crippen molar-refractivity contribution in [2.75, 3.05) is 62.3 Å². The second kappa shape index (κ2) is 10.1. The summed E-state index contributed by atoms with van der Waals surface area (Å²) in [4.78, 5) is 25.8. The van der Waals surface area contributed by atoms with Gasteiger partial charge in [-0.1, -0.05) is 0 Å². The second-order valence-corrected chi connectivity index (χ2v) is 10.2. The van der Waals surface area contributed by atoms with Gasteiger partial charge in [0.2, 0.25) is 5.91 Å². The van der Waals surface area contributed by atoms with E-state index >= 15 is 8.78 Å². The van der Waals surface area contributed by atoms with Gasteiger partial charge in [0.05, 0.1) is 44.6 Å². The lowest BCUT2D eigenvalue weighted by molar-refractivity contribution is -0.119. The summed E-state index contributed by atoms with van der Waals surface area (Å²) >= 11 is 0. The van der Waals surface area contributed by atoms with Crippen molar-refractivity contribution in [1.82, 2.24) is 9.99 Å². The van der Waals surface area contributed by atoms with Crippen LogP contribution in [0.1, 0.15) is 13.3 Å². The highest BCUT2D eigenvalue weighted by atomic mass is 31.2. The molecule has 2 atom stereocenters. The fraction of sp³-hybridized carbons (Fsp3) is 0.600. The lowest BCUT2D eigenvalue weighted by Crippen LogP contribution is -2.54. The van der Waals surface area contributed by atoms with Crippen LogP contribution in [-0.4, -0.2) is 86.5 Å². The summed E-state index contributed by atoms with van der Waals surface area (Å²) in [5, 5.41) is 12.4. The first-order valence-electron chi connectivity index (χ1n) is 11.0. The molecule has 0 saturated carbocycles. The second-order valence-electron chi connectivity index (χ2n) is 8.25. The molecule has 0 spiro atoms. The van der Waals surface area contributed by atoms with Crippen molar-refractivity contribution < 1.29 is 41.8 Å². The van der Waals surface area contributed by atoms with Crippen LogP contribution in [0.15, 0.2) is 12.1 Å². The number of anilines is 2. The van der Waals surface area contributed by atoms with Crippen LogP contribution in [0, 0.1) is 11.6 Å². The number of carbonyl (C=O) groups is 2. The zero-order valence-electron chi connectivity index (χ0n) is 18.6. The minimum absolute atomic E-state index is 0.00899. The van der Waals surface area contributed by atoms with E-state index in [0.29, 0.717) is 6.42 Å². The molecule has 2 unspecified atom stereocenters. The molecule has 2 N–H and O–H groups in total. The van der Waals surface area contributed by atoms with E-state index in [2.05, 4.69) is 5.32 Å². The van der Waals surface area contributed by atoms with Crippen LogP contribution in [0.2, 0.25) is 0 Å². The molecule has 3 aliphatic rings. The molecule has 1 aromatic carbocycles. The van der Waals surface area contributed by atoms with Crippen LogP contribution in [0.5, 0.6) is 0 Å². The number of cyclic esters (lactones) is 1. The Hall–Kier alpha value is -2.31. The first kappa shape index (κ1) is 24.8. The van der Waals surface area contributed by atoms with Gasteiger partial charge in [0.15, 0.2) is 11.6 Å². The average Bonchev–Trinajstić information content (AvgIpc) is 3.18. The number of amides is 2. The summed E-state index contributed by atoms with van der Waals surface area (Å²) in [6.07, 6.45) is -0.810. The van der Waals surface area contributed by atoms with Gasteiger partial charge in [-0.05, 0) is 6.42 Å². The summed E-state index contributed by atoms with van der Waals surface area (Å²) in [6.45, 7) is 1.78. The molecule has 1 aromatic rings. The minimum Gasteiger partial charge on any atom is -0.442 e. The lowest BCUT2D eigenvalue weighted by atomic mass is 10.1. The monoisotopic (exact) mass is 504 g/mol. The topological polar surface area (TPSA) is 121 Å². The summed E-state index contributed by atoms with van der Waals surface area (Å²) in [6, 6.07) is 1.35. The third kappa shape index (κ3) is 5.03. The van der Waals surface area contributed by atoms with Crippen LogP contribution in [0.4, 0.5) is 25.0 Å². The van der Waals surface area contributed by atoms with Crippen molar-refractivity contribution in [2.24, 2.45) is 0 Å². The molecule has 3 aliphatic heterocycles. The Balaban J connectivity index is 1.49. The standard InChI is InChI=1S/C20H27F2N4O7P/c1-13(28)23-9-16-11-25(20(29)33-16)14-7-17(21)19(18(22)8-14)24-3-4-26(15(10-24)12-27)34(30)31-5-2-6-32-34/h7-8,15-16,27H,2-6,9-12H2,1H3,(H,23,28). The van der Waals surface area contributed by atoms with Crippen molar-refractivity contribution in [2.45, 2.75) is 25.5 Å². The molecule has 188 valence electrons. The predicted octanol–water partition coefficient (Wildman–Crippen LogP) is 1.45. The largest absolute Gasteiger partial charge is 0.442 e. The number of rotatable bonds is 6. The van der Waals surface area contributed by atoms with Gasteiger partial charge in [-0.15, -0.1) is 0 Å². The Morgan fingerprint density at radius 2 is 1.88 bits per heavy atom. The van der Waals surface area contributed by atoms with Gasteiger partial charge >= 0.3 is 13.8 Å². The quantitative estimate of drug-likeness (QED) is 0.555. The van der Waals surface area contributed by atoms with Gasteiger partial charge in [0.25, 0.3) is 0 Å². The third-order valence-corrected chi connectivity index (χ3v) is 8.03. The van der Waals surface area contributed by atoms with Gasteiger partial charge in [0, 0.05) is 38.7 Å². The molecule has 14 heteroatoms. The maximum Gasteiger partial charge on any atom is 0.414 e. The Labute approximate surface area is 195 Å². The number of halogens is 2. The van der Waals surface area contributed by atoms with Gasteiger partial charge in [-0.25, -0.2) is 18.1 Å². The number of ether oxygens (including phenoxy) is 1. The van der Waals surface area contributed by atoms with E-state index in [4.69, 9.17) is 13.8 Å². The number of benzene rings is 1. The molecule has 0 radical (unpaired) electrons. The van der Waals surface area contributed by atoms with Crippen LogP contribution in [-0.2, 0) is 23.1 Å². The number of aliphatic hydroxyl groups is 1. The molecule has 11 nitrogen and oxygen atoms in total. The van der Waals surface area contributed by atoms with Gasteiger partial charge < -0.3 is 20.1 Å². The molecular weight excluding hydrogens is 477 g/mol. The van der Waals surface area contributed by atoms with Crippen molar-refractivity contribution in [3.63, 3.8) is 0 Å². The van der Waals surface area contributed by atoms with Gasteiger partial charge in [-0.2, -0.15) is 4.67 Å². The van der Waals surface area contributed by atoms with E-state index in [1.165, 1.54) is 16.5 Å². The fourth-order valence-corrected chi connectivity index (χ4v) is 6.21. The fourth-order valence-electron chi connectivity index (χ4n) is 4.23. The Morgan fingerprint density at radius 1 is 1.21 bits per heavy atom. The number of nitrogens with zero attached hydrogens (tertiary/aromatic N) is 3. The number of piperazine rings is 1. The van der Waals surface area contributed by atoms with Crippen LogP contribution < -0.4 is 15.1 Å². The molecule has 4 rings (SSSR count). The average molecular weight is 504 g/mol. The van der Waals surface area contributed by atoms with Crippen molar-refractivity contribution in [1.29, 1.82) is 0 Å². The Morgan fingerprint density at radius 3 is 2.50 bits per heavy atom. The van der Waals surface area contributed by atoms with Gasteiger partial charge in [0.1, 0.15) is 11.8 Å². The molecule has 3 saturated heterocycles. The molecule has 0 aliphatic carbocycles. The number of hydrogen-bond acceptors (Lipinski definition) is 8. The molecule has 3 heterocycles. The van der Waals surface area contributed by atoms with Crippen LogP contribution in [0.25, 0.3) is 0 Å². The Bertz CT molecular complexity index is 967. The summed E-state index contributed by atoms with van der Waals surface area (Å²) in [5.41, 5.74) is -0.326. The lowest BCUT2D eigenvalue weighted by Gasteiger charge is -2.44. The molecule has 34 heavy (non-hydrogen) atoms. The first-order valence-corrected chi connectivity index (χ1v) is 12.4. The minimum atomic E-state index is -3.58. The summed E-state index contributed by atoms with van der Waals surface area (Å²) < 4.78 is 60.5. The van der Waals surface area contributed by atoms with E-state index in [9.17, 15) is 19.3 Å². The molecule has 0 bridgehead atoms. The van der Waals surface area contributed by atoms with Crippen molar-refractivity contribution in [3.05, 3.63) is 23.8 Å². The highest BCUT2D eigenvalue weighted by Gasteiger charge is 2.44. The summed E-state index contributed by atoms with van der Waals surface area (Å²) in [5.74, 6) is -2.08. The molecule has 2 amide bonds. The Kier molecular flexibility index (Phi) is 7.39. The first-order chi connectivity index (χ1) is 16.2. The number of aliphatic hydroxyl groups excluding tert-OH is 1. The highest BCUT2D eigenvalue weighted by molar-refractivity contribution is 7.51. The molecule has 0 aromatic heterocycles. The molecular formula is C20H27F2N4O7P. The van der Waals surface area contributed by atoms with Crippen LogP contribution >= 0.6 is 7.75 Å². The normalized spacial score (nSPS) is 25.4. The van der Waals surface area contributed by atoms with E-state index < -0.39 is 44.2 Å². The number of hydrogen-bond donors (Lipinski definition) is 2. The third-order valence-electron chi connectivity index (χ3n) is 5.86. The van der Waals surface area contributed by atoms with Crippen molar-refractivity contribution in [3.8, 4) is 0 Å². The molecule has 3 fully saturated rings. The maximum atomic E-state index is 15.1. The van der Waals surface area contributed by atoms with E-state index in [-0.39, 0.29) is 63.2 Å². The zero-order chi connectivity index (χ0) is 24.5. The number of carbonyl (C=O) groups excluding carboxylic acids is 2.